The second-order valence-corrected chi connectivity index (χ2v) is 11.5. The largest absolute Gasteiger partial charge is 0.497 e. The summed E-state index contributed by atoms with van der Waals surface area (Å²) in [6, 6.07) is 8.10. The van der Waals surface area contributed by atoms with E-state index in [2.05, 4.69) is 43.2 Å². The number of rotatable bonds is 4. The van der Waals surface area contributed by atoms with Crippen LogP contribution >= 0.6 is 0 Å². The van der Waals surface area contributed by atoms with Gasteiger partial charge in [-0.15, -0.1) is 11.5 Å². The number of hydrogen-bond acceptors (Lipinski definition) is 2. The van der Waals surface area contributed by atoms with E-state index in [4.69, 9.17) is 9.47 Å². The molecule has 0 N–H and O–H groups in total. The number of ether oxygens (including phenoxy) is 2. The van der Waals surface area contributed by atoms with Gasteiger partial charge in [0.15, 0.2) is 0 Å². The SMILES string of the molecule is COc1ccc(CO[C@@H]2CCCC2C#C[Si](C)(C)C)cc1. The smallest absolute Gasteiger partial charge is 0.129 e. The van der Waals surface area contributed by atoms with E-state index < -0.39 is 8.07 Å². The first-order valence-corrected chi connectivity index (χ1v) is 11.3. The third kappa shape index (κ3) is 5.22. The van der Waals surface area contributed by atoms with Crippen LogP contribution in [0.15, 0.2) is 24.3 Å². The molecule has 2 nitrogen and oxygen atoms in total. The highest BCUT2D eigenvalue weighted by atomic mass is 28.3. The zero-order valence-corrected chi connectivity index (χ0v) is 14.6. The zero-order valence-electron chi connectivity index (χ0n) is 13.6. The monoisotopic (exact) mass is 302 g/mol. The van der Waals surface area contributed by atoms with Crippen LogP contribution in [0, 0.1) is 17.4 Å². The van der Waals surface area contributed by atoms with Crippen LogP contribution in [0.3, 0.4) is 0 Å². The predicted octanol–water partition coefficient (Wildman–Crippen LogP) is 4.26. The molecule has 0 spiro atoms. The second-order valence-electron chi connectivity index (χ2n) is 6.75. The van der Waals surface area contributed by atoms with Crippen LogP contribution in [0.2, 0.25) is 19.6 Å². The van der Waals surface area contributed by atoms with Crippen molar-refractivity contribution < 1.29 is 9.47 Å². The van der Waals surface area contributed by atoms with E-state index in [1.54, 1.807) is 7.11 Å². The van der Waals surface area contributed by atoms with Gasteiger partial charge in [0.1, 0.15) is 13.8 Å². The van der Waals surface area contributed by atoms with Crippen LogP contribution in [0.1, 0.15) is 24.8 Å². The minimum atomic E-state index is -1.28. The van der Waals surface area contributed by atoms with Crippen LogP contribution in [0.25, 0.3) is 0 Å². The van der Waals surface area contributed by atoms with Gasteiger partial charge in [-0.1, -0.05) is 31.8 Å². The summed E-state index contributed by atoms with van der Waals surface area (Å²) in [6.45, 7) is 7.55. The molecule has 3 heteroatoms. The van der Waals surface area contributed by atoms with E-state index in [1.807, 2.05) is 12.1 Å². The Morgan fingerprint density at radius 3 is 2.48 bits per heavy atom. The molecule has 1 aliphatic carbocycles. The normalized spacial score (nSPS) is 21.7. The van der Waals surface area contributed by atoms with E-state index in [0.717, 1.165) is 12.2 Å². The summed E-state index contributed by atoms with van der Waals surface area (Å²) in [4.78, 5) is 0. The average Bonchev–Trinajstić information content (AvgIpc) is 2.90. The van der Waals surface area contributed by atoms with Crippen molar-refractivity contribution in [2.24, 2.45) is 5.92 Å². The molecule has 0 saturated heterocycles. The van der Waals surface area contributed by atoms with Gasteiger partial charge in [-0.25, -0.2) is 0 Å². The lowest BCUT2D eigenvalue weighted by Crippen LogP contribution is -2.20. The molecule has 114 valence electrons. The fourth-order valence-corrected chi connectivity index (χ4v) is 3.14. The van der Waals surface area contributed by atoms with Crippen molar-refractivity contribution in [1.82, 2.24) is 0 Å². The Kier molecular flexibility index (Phi) is 5.49. The third-order valence-electron chi connectivity index (χ3n) is 3.71. The third-order valence-corrected chi connectivity index (χ3v) is 4.60. The van der Waals surface area contributed by atoms with E-state index >= 15 is 0 Å². The number of hydrogen-bond donors (Lipinski definition) is 0. The first-order valence-electron chi connectivity index (χ1n) is 7.75. The maximum Gasteiger partial charge on any atom is 0.129 e. The standard InChI is InChI=1S/C18H26O2Si/c1-19-17-10-8-15(9-11-17)14-20-18-7-5-6-16(18)12-13-21(2,3)4/h8-11,16,18H,5-7,14H2,1-4H3/t16?,18-/m1/s1. The van der Waals surface area contributed by atoms with Crippen LogP contribution in [-0.4, -0.2) is 21.3 Å². The van der Waals surface area contributed by atoms with Crippen molar-refractivity contribution in [3.05, 3.63) is 29.8 Å². The van der Waals surface area contributed by atoms with Gasteiger partial charge in [-0.2, -0.15) is 0 Å². The lowest BCUT2D eigenvalue weighted by Gasteiger charge is -2.17. The lowest BCUT2D eigenvalue weighted by atomic mass is 10.1. The van der Waals surface area contributed by atoms with Gasteiger partial charge in [0, 0.05) is 5.92 Å². The van der Waals surface area contributed by atoms with Gasteiger partial charge in [0.05, 0.1) is 19.8 Å². The minimum Gasteiger partial charge on any atom is -0.497 e. The Balaban J connectivity index is 1.90. The van der Waals surface area contributed by atoms with Crippen molar-refractivity contribution in [2.75, 3.05) is 7.11 Å². The van der Waals surface area contributed by atoms with Gasteiger partial charge in [-0.05, 0) is 37.0 Å². The van der Waals surface area contributed by atoms with Crippen molar-refractivity contribution >= 4 is 8.07 Å². The molecule has 0 radical (unpaired) electrons. The molecule has 2 atom stereocenters. The van der Waals surface area contributed by atoms with E-state index in [0.29, 0.717) is 18.6 Å². The molecule has 1 aliphatic rings. The molecule has 0 aliphatic heterocycles. The molecule has 0 heterocycles. The summed E-state index contributed by atoms with van der Waals surface area (Å²) in [6.07, 6.45) is 3.86. The Morgan fingerprint density at radius 1 is 1.14 bits per heavy atom. The molecule has 1 unspecified atom stereocenters. The summed E-state index contributed by atoms with van der Waals surface area (Å²) >= 11 is 0. The van der Waals surface area contributed by atoms with Gasteiger partial charge in [0.25, 0.3) is 0 Å². The van der Waals surface area contributed by atoms with Crippen molar-refractivity contribution in [3.63, 3.8) is 0 Å². The van der Waals surface area contributed by atoms with Crippen molar-refractivity contribution in [1.29, 1.82) is 0 Å². The Morgan fingerprint density at radius 2 is 1.86 bits per heavy atom. The zero-order chi connectivity index (χ0) is 15.3. The molecule has 1 aromatic rings. The first kappa shape index (κ1) is 16.1. The minimum absolute atomic E-state index is 0.302. The lowest BCUT2D eigenvalue weighted by molar-refractivity contribution is 0.0295. The molecule has 1 saturated carbocycles. The fourth-order valence-electron chi connectivity index (χ4n) is 2.52. The Hall–Kier alpha value is -1.24. The maximum absolute atomic E-state index is 6.11. The topological polar surface area (TPSA) is 18.5 Å². The van der Waals surface area contributed by atoms with Crippen LogP contribution in [0.5, 0.6) is 5.75 Å². The molecule has 1 fully saturated rings. The molecule has 0 aromatic heterocycles. The quantitative estimate of drug-likeness (QED) is 0.611. The molecular formula is C18H26O2Si. The van der Waals surface area contributed by atoms with E-state index in [-0.39, 0.29) is 0 Å². The summed E-state index contributed by atoms with van der Waals surface area (Å²) in [7, 11) is 0.404. The maximum atomic E-state index is 6.11. The highest BCUT2D eigenvalue weighted by molar-refractivity contribution is 6.83. The van der Waals surface area contributed by atoms with Gasteiger partial charge in [0.2, 0.25) is 0 Å². The molecular weight excluding hydrogens is 276 g/mol. The van der Waals surface area contributed by atoms with Gasteiger partial charge in [-0.3, -0.25) is 0 Å². The van der Waals surface area contributed by atoms with Crippen LogP contribution in [-0.2, 0) is 11.3 Å². The van der Waals surface area contributed by atoms with E-state index in [1.165, 1.54) is 18.4 Å². The summed E-state index contributed by atoms with van der Waals surface area (Å²) < 4.78 is 11.3. The van der Waals surface area contributed by atoms with Gasteiger partial charge >= 0.3 is 0 Å². The Bertz CT molecular complexity index is 505. The fraction of sp³-hybridized carbons (Fsp3) is 0.556. The summed E-state index contributed by atoms with van der Waals surface area (Å²) in [5.74, 6) is 4.81. The Labute approximate surface area is 129 Å². The van der Waals surface area contributed by atoms with Crippen LogP contribution in [0.4, 0.5) is 0 Å². The number of benzene rings is 1. The average molecular weight is 302 g/mol. The molecule has 1 aromatic carbocycles. The summed E-state index contributed by atoms with van der Waals surface area (Å²) in [5.41, 5.74) is 4.69. The highest BCUT2D eigenvalue weighted by Crippen LogP contribution is 2.28. The van der Waals surface area contributed by atoms with Crippen molar-refractivity contribution in [2.45, 2.75) is 51.6 Å². The van der Waals surface area contributed by atoms with Crippen molar-refractivity contribution in [3.8, 4) is 17.2 Å². The van der Waals surface area contributed by atoms with E-state index in [9.17, 15) is 0 Å². The highest BCUT2D eigenvalue weighted by Gasteiger charge is 2.26. The second kappa shape index (κ2) is 7.15. The van der Waals surface area contributed by atoms with Gasteiger partial charge < -0.3 is 9.47 Å². The summed E-state index contributed by atoms with van der Waals surface area (Å²) in [5, 5.41) is 0. The molecule has 21 heavy (non-hydrogen) atoms. The molecule has 2 rings (SSSR count). The first-order chi connectivity index (χ1) is 9.98. The number of methoxy groups -OCH3 is 1. The predicted molar refractivity (Wildman–Crippen MR) is 90.0 cm³/mol. The van der Waals surface area contributed by atoms with Crippen LogP contribution < -0.4 is 4.74 Å². The molecule has 0 amide bonds. The molecule has 0 bridgehead atoms.